The van der Waals surface area contributed by atoms with Crippen LogP contribution in [0.4, 0.5) is 0 Å². The third-order valence-corrected chi connectivity index (χ3v) is 2.95. The van der Waals surface area contributed by atoms with Gasteiger partial charge < -0.3 is 15.4 Å². The van der Waals surface area contributed by atoms with Crippen molar-refractivity contribution in [2.75, 3.05) is 32.8 Å². The maximum Gasteiger partial charge on any atom is 0.191 e. The van der Waals surface area contributed by atoms with Gasteiger partial charge in [0, 0.05) is 32.8 Å². The quantitative estimate of drug-likeness (QED) is 0.276. The van der Waals surface area contributed by atoms with Gasteiger partial charge in [-0.3, -0.25) is 4.99 Å². The van der Waals surface area contributed by atoms with Crippen LogP contribution in [0.5, 0.6) is 0 Å². The molecule has 2 N–H and O–H groups in total. The van der Waals surface area contributed by atoms with Crippen molar-refractivity contribution in [2.24, 2.45) is 10.9 Å². The van der Waals surface area contributed by atoms with E-state index in [4.69, 9.17) is 4.74 Å². The Labute approximate surface area is 117 Å². The molecule has 0 aromatic carbocycles. The summed E-state index contributed by atoms with van der Waals surface area (Å²) >= 11 is 0. The lowest BCUT2D eigenvalue weighted by Gasteiger charge is -2.10. The fraction of sp³-hybridized carbons (Fsp3) is 0.800. The van der Waals surface area contributed by atoms with Gasteiger partial charge in [-0.2, -0.15) is 0 Å². The Hall–Kier alpha value is -1.03. The Balaban J connectivity index is 2.04. The first-order chi connectivity index (χ1) is 9.36. The standard InChI is InChI=1S/C15H29N3O/c1-3-5-6-10-17-15(16-4-2)18-11-7-12-19-13-14-8-9-14/h3,5,14H,4,6-13H2,1-2H3,(H2,16,17,18). The van der Waals surface area contributed by atoms with Crippen molar-refractivity contribution in [3.05, 3.63) is 12.2 Å². The Morgan fingerprint density at radius 3 is 2.89 bits per heavy atom. The summed E-state index contributed by atoms with van der Waals surface area (Å²) in [6.45, 7) is 8.55. The Bertz CT molecular complexity index is 273. The van der Waals surface area contributed by atoms with Crippen molar-refractivity contribution in [1.82, 2.24) is 10.6 Å². The van der Waals surface area contributed by atoms with Crippen molar-refractivity contribution in [1.29, 1.82) is 0 Å². The topological polar surface area (TPSA) is 45.7 Å². The molecule has 1 saturated carbocycles. The van der Waals surface area contributed by atoms with Gasteiger partial charge in [0.05, 0.1) is 0 Å². The molecule has 0 amide bonds. The zero-order chi connectivity index (χ0) is 13.8. The molecular weight excluding hydrogens is 238 g/mol. The Morgan fingerprint density at radius 1 is 1.37 bits per heavy atom. The van der Waals surface area contributed by atoms with Crippen LogP contribution >= 0.6 is 0 Å². The van der Waals surface area contributed by atoms with Crippen LogP contribution in [-0.2, 0) is 4.74 Å². The summed E-state index contributed by atoms with van der Waals surface area (Å²) in [7, 11) is 0. The number of aliphatic imine (C=N–C) groups is 1. The van der Waals surface area contributed by atoms with Crippen LogP contribution in [0.2, 0.25) is 0 Å². The second kappa shape index (κ2) is 10.9. The summed E-state index contributed by atoms with van der Waals surface area (Å²) < 4.78 is 5.59. The summed E-state index contributed by atoms with van der Waals surface area (Å²) in [5, 5.41) is 6.57. The minimum atomic E-state index is 0.823. The predicted octanol–water partition coefficient (Wildman–Crippen LogP) is 2.32. The number of guanidine groups is 1. The van der Waals surface area contributed by atoms with Crippen LogP contribution in [0.3, 0.4) is 0 Å². The number of ether oxygens (including phenoxy) is 1. The maximum absolute atomic E-state index is 5.59. The van der Waals surface area contributed by atoms with Gasteiger partial charge in [0.2, 0.25) is 0 Å². The second-order valence-corrected chi connectivity index (χ2v) is 4.92. The van der Waals surface area contributed by atoms with E-state index in [0.717, 1.165) is 57.6 Å². The number of hydrogen-bond acceptors (Lipinski definition) is 2. The highest BCUT2D eigenvalue weighted by Gasteiger charge is 2.20. The van der Waals surface area contributed by atoms with Crippen LogP contribution in [0.15, 0.2) is 17.1 Å². The SMILES string of the molecule is CC=CCCNC(=NCCCOCC1CC1)NCC. The van der Waals surface area contributed by atoms with E-state index >= 15 is 0 Å². The van der Waals surface area contributed by atoms with Crippen molar-refractivity contribution in [3.63, 3.8) is 0 Å². The second-order valence-electron chi connectivity index (χ2n) is 4.92. The average Bonchev–Trinajstić information content (AvgIpc) is 3.22. The van der Waals surface area contributed by atoms with Gasteiger partial charge in [0.1, 0.15) is 0 Å². The highest BCUT2D eigenvalue weighted by molar-refractivity contribution is 5.79. The highest BCUT2D eigenvalue weighted by Crippen LogP contribution is 2.28. The number of hydrogen-bond donors (Lipinski definition) is 2. The monoisotopic (exact) mass is 267 g/mol. The van der Waals surface area contributed by atoms with Crippen molar-refractivity contribution >= 4 is 5.96 Å². The Morgan fingerprint density at radius 2 is 2.21 bits per heavy atom. The molecule has 110 valence electrons. The van der Waals surface area contributed by atoms with Gasteiger partial charge >= 0.3 is 0 Å². The molecular formula is C15H29N3O. The molecule has 1 fully saturated rings. The number of rotatable bonds is 10. The molecule has 0 aromatic rings. The minimum Gasteiger partial charge on any atom is -0.381 e. The number of allylic oxidation sites excluding steroid dienone is 1. The normalized spacial score (nSPS) is 16.0. The fourth-order valence-electron chi connectivity index (χ4n) is 1.67. The fourth-order valence-corrected chi connectivity index (χ4v) is 1.67. The average molecular weight is 267 g/mol. The van der Waals surface area contributed by atoms with E-state index in [0.29, 0.717) is 0 Å². The summed E-state index contributed by atoms with van der Waals surface area (Å²) in [5.74, 6) is 1.77. The molecule has 0 saturated heterocycles. The van der Waals surface area contributed by atoms with Gasteiger partial charge in [-0.15, -0.1) is 0 Å². The summed E-state index contributed by atoms with van der Waals surface area (Å²) in [4.78, 5) is 4.53. The van der Waals surface area contributed by atoms with Crippen LogP contribution in [-0.4, -0.2) is 38.8 Å². The molecule has 0 atom stereocenters. The van der Waals surface area contributed by atoms with Gasteiger partial charge in [0.15, 0.2) is 5.96 Å². The summed E-state index contributed by atoms with van der Waals surface area (Å²) in [6, 6.07) is 0. The molecule has 0 unspecified atom stereocenters. The molecule has 4 nitrogen and oxygen atoms in total. The Kier molecular flexibility index (Phi) is 9.15. The van der Waals surface area contributed by atoms with E-state index in [1.807, 2.05) is 6.92 Å². The number of nitrogens with one attached hydrogen (secondary N) is 2. The molecule has 1 rings (SSSR count). The van der Waals surface area contributed by atoms with E-state index in [1.54, 1.807) is 0 Å². The lowest BCUT2D eigenvalue weighted by atomic mass is 10.4. The molecule has 0 aromatic heterocycles. The van der Waals surface area contributed by atoms with Gasteiger partial charge in [0.25, 0.3) is 0 Å². The molecule has 1 aliphatic carbocycles. The molecule has 0 bridgehead atoms. The van der Waals surface area contributed by atoms with E-state index < -0.39 is 0 Å². The lowest BCUT2D eigenvalue weighted by Crippen LogP contribution is -2.37. The van der Waals surface area contributed by atoms with Crippen LogP contribution < -0.4 is 10.6 Å². The smallest absolute Gasteiger partial charge is 0.191 e. The van der Waals surface area contributed by atoms with E-state index in [2.05, 4.69) is 34.7 Å². The number of nitrogens with zero attached hydrogens (tertiary/aromatic N) is 1. The predicted molar refractivity (Wildman–Crippen MR) is 81.6 cm³/mol. The van der Waals surface area contributed by atoms with E-state index in [1.165, 1.54) is 12.8 Å². The zero-order valence-corrected chi connectivity index (χ0v) is 12.5. The summed E-state index contributed by atoms with van der Waals surface area (Å²) in [5.41, 5.74) is 0. The van der Waals surface area contributed by atoms with Crippen LogP contribution in [0.25, 0.3) is 0 Å². The van der Waals surface area contributed by atoms with Gasteiger partial charge in [-0.25, -0.2) is 0 Å². The first kappa shape index (κ1) is 16.0. The molecule has 0 spiro atoms. The molecule has 4 heteroatoms. The van der Waals surface area contributed by atoms with Crippen LogP contribution in [0.1, 0.15) is 39.5 Å². The molecule has 1 aliphatic rings. The largest absolute Gasteiger partial charge is 0.381 e. The molecule has 0 aliphatic heterocycles. The first-order valence-electron chi connectivity index (χ1n) is 7.58. The van der Waals surface area contributed by atoms with Crippen LogP contribution in [0, 0.1) is 5.92 Å². The third kappa shape index (κ3) is 9.54. The summed E-state index contributed by atoms with van der Waals surface area (Å²) in [6.07, 6.45) is 8.98. The molecule has 0 radical (unpaired) electrons. The van der Waals surface area contributed by atoms with E-state index in [-0.39, 0.29) is 0 Å². The van der Waals surface area contributed by atoms with Crippen molar-refractivity contribution < 1.29 is 4.74 Å². The minimum absolute atomic E-state index is 0.823. The molecule has 19 heavy (non-hydrogen) atoms. The lowest BCUT2D eigenvalue weighted by molar-refractivity contribution is 0.123. The zero-order valence-electron chi connectivity index (χ0n) is 12.5. The van der Waals surface area contributed by atoms with Crippen molar-refractivity contribution in [3.8, 4) is 0 Å². The van der Waals surface area contributed by atoms with E-state index in [9.17, 15) is 0 Å². The van der Waals surface area contributed by atoms with Gasteiger partial charge in [-0.1, -0.05) is 12.2 Å². The van der Waals surface area contributed by atoms with Crippen molar-refractivity contribution in [2.45, 2.75) is 39.5 Å². The molecule has 0 heterocycles. The van der Waals surface area contributed by atoms with Gasteiger partial charge in [-0.05, 0) is 45.4 Å². The third-order valence-electron chi connectivity index (χ3n) is 2.95. The first-order valence-corrected chi connectivity index (χ1v) is 7.58. The highest BCUT2D eigenvalue weighted by atomic mass is 16.5. The maximum atomic E-state index is 5.59.